The van der Waals surface area contributed by atoms with Crippen LogP contribution >= 0.6 is 0 Å². The molecule has 0 saturated carbocycles. The molecule has 1 aliphatic heterocycles. The SMILES string of the molecule is CCN1CCOC(COc2ccc(C(C)N)cc2OC)C1. The van der Waals surface area contributed by atoms with Crippen LogP contribution in [0.3, 0.4) is 0 Å². The third kappa shape index (κ3) is 4.33. The van der Waals surface area contributed by atoms with Crippen LogP contribution in [0.25, 0.3) is 0 Å². The summed E-state index contributed by atoms with van der Waals surface area (Å²) in [6.45, 7) is 8.37. The number of ether oxygens (including phenoxy) is 3. The quantitative estimate of drug-likeness (QED) is 0.867. The van der Waals surface area contributed by atoms with E-state index in [2.05, 4.69) is 11.8 Å². The fourth-order valence-corrected chi connectivity index (χ4v) is 2.44. The Bertz CT molecular complexity index is 451. The highest BCUT2D eigenvalue weighted by atomic mass is 16.5. The highest BCUT2D eigenvalue weighted by Gasteiger charge is 2.20. The summed E-state index contributed by atoms with van der Waals surface area (Å²) in [7, 11) is 1.64. The molecule has 2 N–H and O–H groups in total. The number of hydrogen-bond acceptors (Lipinski definition) is 5. The molecule has 0 aromatic heterocycles. The lowest BCUT2D eigenvalue weighted by atomic mass is 10.1. The Morgan fingerprint density at radius 1 is 1.43 bits per heavy atom. The molecule has 2 atom stereocenters. The largest absolute Gasteiger partial charge is 0.493 e. The number of hydrogen-bond donors (Lipinski definition) is 1. The van der Waals surface area contributed by atoms with Crippen molar-refractivity contribution >= 4 is 0 Å². The van der Waals surface area contributed by atoms with Gasteiger partial charge in [-0.25, -0.2) is 0 Å². The molecule has 0 aliphatic carbocycles. The molecule has 1 saturated heterocycles. The van der Waals surface area contributed by atoms with Crippen LogP contribution in [0.4, 0.5) is 0 Å². The Morgan fingerprint density at radius 2 is 2.24 bits per heavy atom. The monoisotopic (exact) mass is 294 g/mol. The van der Waals surface area contributed by atoms with Gasteiger partial charge in [-0.05, 0) is 31.2 Å². The van der Waals surface area contributed by atoms with E-state index in [4.69, 9.17) is 19.9 Å². The smallest absolute Gasteiger partial charge is 0.161 e. The zero-order valence-electron chi connectivity index (χ0n) is 13.2. The molecule has 1 aromatic rings. The van der Waals surface area contributed by atoms with Crippen LogP contribution in [0.15, 0.2) is 18.2 Å². The van der Waals surface area contributed by atoms with Crippen molar-refractivity contribution in [3.8, 4) is 11.5 Å². The number of morpholine rings is 1. The van der Waals surface area contributed by atoms with Crippen molar-refractivity contribution < 1.29 is 14.2 Å². The van der Waals surface area contributed by atoms with E-state index in [1.165, 1.54) is 0 Å². The van der Waals surface area contributed by atoms with Gasteiger partial charge in [0.15, 0.2) is 11.5 Å². The van der Waals surface area contributed by atoms with Crippen molar-refractivity contribution in [2.45, 2.75) is 26.0 Å². The molecular formula is C16H26N2O3. The van der Waals surface area contributed by atoms with Gasteiger partial charge in [-0.2, -0.15) is 0 Å². The van der Waals surface area contributed by atoms with Crippen molar-refractivity contribution in [3.63, 3.8) is 0 Å². The third-order valence-electron chi connectivity index (χ3n) is 3.81. The Morgan fingerprint density at radius 3 is 2.90 bits per heavy atom. The predicted octanol–water partition coefficient (Wildman–Crippen LogP) is 1.81. The summed E-state index contributed by atoms with van der Waals surface area (Å²) >= 11 is 0. The van der Waals surface area contributed by atoms with Crippen LogP contribution in [0.5, 0.6) is 11.5 Å². The topological polar surface area (TPSA) is 57.0 Å². The maximum absolute atomic E-state index is 5.89. The summed E-state index contributed by atoms with van der Waals surface area (Å²) < 4.78 is 17.0. The van der Waals surface area contributed by atoms with Gasteiger partial charge in [0.05, 0.1) is 13.7 Å². The summed E-state index contributed by atoms with van der Waals surface area (Å²) in [5.41, 5.74) is 6.92. The van der Waals surface area contributed by atoms with Gasteiger partial charge in [0.1, 0.15) is 12.7 Å². The van der Waals surface area contributed by atoms with Gasteiger partial charge in [0.25, 0.3) is 0 Å². The first-order chi connectivity index (χ1) is 10.1. The summed E-state index contributed by atoms with van der Waals surface area (Å²) in [5.74, 6) is 1.45. The average Bonchev–Trinajstić information content (AvgIpc) is 2.52. The molecule has 2 unspecified atom stereocenters. The molecule has 0 radical (unpaired) electrons. The Balaban J connectivity index is 1.96. The molecule has 5 nitrogen and oxygen atoms in total. The average molecular weight is 294 g/mol. The van der Waals surface area contributed by atoms with Crippen LogP contribution < -0.4 is 15.2 Å². The number of benzene rings is 1. The number of nitrogens with two attached hydrogens (primary N) is 1. The standard InChI is InChI=1S/C16H26N2O3/c1-4-18-7-8-20-14(10-18)11-21-15-6-5-13(12(2)17)9-16(15)19-3/h5-6,9,12,14H,4,7-8,10-11,17H2,1-3H3. The second kappa shape index (κ2) is 7.64. The van der Waals surface area contributed by atoms with Gasteiger partial charge in [0.2, 0.25) is 0 Å². The molecule has 0 spiro atoms. The molecule has 1 fully saturated rings. The van der Waals surface area contributed by atoms with Crippen molar-refractivity contribution in [1.29, 1.82) is 0 Å². The maximum atomic E-state index is 5.89. The van der Waals surface area contributed by atoms with E-state index in [0.717, 1.165) is 37.6 Å². The van der Waals surface area contributed by atoms with Crippen molar-refractivity contribution in [1.82, 2.24) is 4.90 Å². The van der Waals surface area contributed by atoms with E-state index < -0.39 is 0 Å². The maximum Gasteiger partial charge on any atom is 0.161 e. The predicted molar refractivity (Wildman–Crippen MR) is 82.9 cm³/mol. The van der Waals surface area contributed by atoms with E-state index in [-0.39, 0.29) is 12.1 Å². The van der Waals surface area contributed by atoms with Crippen LogP contribution in [-0.4, -0.2) is 51.0 Å². The van der Waals surface area contributed by atoms with Gasteiger partial charge < -0.3 is 19.9 Å². The zero-order valence-corrected chi connectivity index (χ0v) is 13.2. The molecule has 0 amide bonds. The van der Waals surface area contributed by atoms with E-state index in [1.54, 1.807) is 7.11 Å². The molecule has 5 heteroatoms. The molecule has 2 rings (SSSR count). The van der Waals surface area contributed by atoms with Crippen molar-refractivity contribution in [3.05, 3.63) is 23.8 Å². The second-order valence-electron chi connectivity index (χ2n) is 5.40. The fourth-order valence-electron chi connectivity index (χ4n) is 2.44. The molecule has 118 valence electrons. The van der Waals surface area contributed by atoms with E-state index >= 15 is 0 Å². The molecule has 1 aromatic carbocycles. The minimum atomic E-state index is -0.0206. The number of rotatable bonds is 6. The number of nitrogens with zero attached hydrogens (tertiary/aromatic N) is 1. The lowest BCUT2D eigenvalue weighted by Crippen LogP contribution is -2.44. The number of likely N-dealkylation sites (N-methyl/N-ethyl adjacent to an activating group) is 1. The van der Waals surface area contributed by atoms with Gasteiger partial charge in [-0.15, -0.1) is 0 Å². The van der Waals surface area contributed by atoms with E-state index in [1.807, 2.05) is 25.1 Å². The van der Waals surface area contributed by atoms with Gasteiger partial charge in [-0.3, -0.25) is 4.90 Å². The van der Waals surface area contributed by atoms with Crippen molar-refractivity contribution in [2.75, 3.05) is 40.0 Å². The van der Waals surface area contributed by atoms with Gasteiger partial charge in [0, 0.05) is 19.1 Å². The van der Waals surface area contributed by atoms with Crippen LogP contribution in [0.2, 0.25) is 0 Å². The second-order valence-corrected chi connectivity index (χ2v) is 5.40. The summed E-state index contributed by atoms with van der Waals surface area (Å²) in [5, 5.41) is 0. The first-order valence-electron chi connectivity index (χ1n) is 7.54. The van der Waals surface area contributed by atoms with Gasteiger partial charge in [-0.1, -0.05) is 13.0 Å². The lowest BCUT2D eigenvalue weighted by molar-refractivity contribution is -0.0466. The minimum Gasteiger partial charge on any atom is -0.493 e. The summed E-state index contributed by atoms with van der Waals surface area (Å²) in [6.07, 6.45) is 0.108. The Hall–Kier alpha value is -1.30. The van der Waals surface area contributed by atoms with Crippen LogP contribution in [-0.2, 0) is 4.74 Å². The van der Waals surface area contributed by atoms with Crippen molar-refractivity contribution in [2.24, 2.45) is 5.73 Å². The van der Waals surface area contributed by atoms with Crippen LogP contribution in [0, 0.1) is 0 Å². The lowest BCUT2D eigenvalue weighted by Gasteiger charge is -2.32. The highest BCUT2D eigenvalue weighted by Crippen LogP contribution is 2.30. The Labute approximate surface area is 127 Å². The first kappa shape index (κ1) is 16.1. The zero-order chi connectivity index (χ0) is 15.2. The molecular weight excluding hydrogens is 268 g/mol. The Kier molecular flexibility index (Phi) is 5.85. The van der Waals surface area contributed by atoms with Crippen LogP contribution in [0.1, 0.15) is 25.5 Å². The van der Waals surface area contributed by atoms with E-state index in [9.17, 15) is 0 Å². The number of methoxy groups -OCH3 is 1. The summed E-state index contributed by atoms with van der Waals surface area (Å²) in [4.78, 5) is 2.37. The normalized spacial score (nSPS) is 21.0. The molecule has 1 heterocycles. The molecule has 0 bridgehead atoms. The fraction of sp³-hybridized carbons (Fsp3) is 0.625. The van der Waals surface area contributed by atoms with Gasteiger partial charge >= 0.3 is 0 Å². The molecule has 21 heavy (non-hydrogen) atoms. The highest BCUT2D eigenvalue weighted by molar-refractivity contribution is 5.43. The van der Waals surface area contributed by atoms with E-state index in [0.29, 0.717) is 12.4 Å². The molecule has 1 aliphatic rings. The minimum absolute atomic E-state index is 0.0206. The first-order valence-corrected chi connectivity index (χ1v) is 7.54. The third-order valence-corrected chi connectivity index (χ3v) is 3.81. The summed E-state index contributed by atoms with van der Waals surface area (Å²) in [6, 6.07) is 5.80.